The molecule has 0 N–H and O–H groups in total. The van der Waals surface area contributed by atoms with Gasteiger partial charge in [0.2, 0.25) is 0 Å². The summed E-state index contributed by atoms with van der Waals surface area (Å²) in [5.41, 5.74) is 0. The molecule has 0 spiro atoms. The van der Waals surface area contributed by atoms with E-state index in [2.05, 4.69) is 43.0 Å². The highest BCUT2D eigenvalue weighted by atomic mass is 15.4. The van der Waals surface area contributed by atoms with E-state index in [9.17, 15) is 0 Å². The summed E-state index contributed by atoms with van der Waals surface area (Å²) >= 11 is 0. The van der Waals surface area contributed by atoms with Crippen LogP contribution in [0.1, 0.15) is 194 Å². The zero-order valence-electron chi connectivity index (χ0n) is 26.1. The van der Waals surface area contributed by atoms with E-state index in [1.165, 1.54) is 186 Å². The van der Waals surface area contributed by atoms with Gasteiger partial charge in [0.05, 0.1) is 0 Å². The maximum Gasteiger partial charge on any atom is 0.101 e. The van der Waals surface area contributed by atoms with Gasteiger partial charge >= 0.3 is 0 Å². The van der Waals surface area contributed by atoms with E-state index in [0.29, 0.717) is 6.17 Å². The van der Waals surface area contributed by atoms with Gasteiger partial charge in [0.25, 0.3) is 0 Å². The Morgan fingerprint density at radius 2 is 0.649 bits per heavy atom. The highest BCUT2D eigenvalue weighted by Crippen LogP contribution is 2.23. The van der Waals surface area contributed by atoms with Gasteiger partial charge in [0.15, 0.2) is 0 Å². The number of unbranched alkanes of at least 4 members (excludes halogenated alkanes) is 23. The molecule has 0 saturated carbocycles. The average Bonchev–Trinajstić information content (AvgIpc) is 3.29. The molecular weight excluding hydrogens is 448 g/mol. The van der Waals surface area contributed by atoms with Gasteiger partial charge in [0, 0.05) is 25.5 Å². The van der Waals surface area contributed by atoms with Crippen molar-refractivity contribution in [1.82, 2.24) is 9.80 Å². The lowest BCUT2D eigenvalue weighted by Crippen LogP contribution is -2.39. The second-order valence-corrected chi connectivity index (χ2v) is 12.2. The van der Waals surface area contributed by atoms with Crippen LogP contribution < -0.4 is 0 Å². The molecule has 0 saturated heterocycles. The van der Waals surface area contributed by atoms with Gasteiger partial charge in [0.1, 0.15) is 6.17 Å². The second-order valence-electron chi connectivity index (χ2n) is 12.2. The monoisotopic (exact) mass is 519 g/mol. The van der Waals surface area contributed by atoms with E-state index >= 15 is 0 Å². The molecule has 1 heterocycles. The number of hydrogen-bond donors (Lipinski definition) is 0. The van der Waals surface area contributed by atoms with Gasteiger partial charge in [-0.05, 0) is 25.7 Å². The van der Waals surface area contributed by atoms with Gasteiger partial charge < -0.3 is 9.80 Å². The first kappa shape index (κ1) is 34.4. The lowest BCUT2D eigenvalue weighted by Gasteiger charge is -2.33. The molecule has 0 aromatic carbocycles. The topological polar surface area (TPSA) is 6.48 Å². The van der Waals surface area contributed by atoms with Crippen molar-refractivity contribution in [3.63, 3.8) is 0 Å². The fraction of sp³-hybridized carbons (Fsp3) is 0.943. The van der Waals surface area contributed by atoms with E-state index in [0.717, 1.165) is 0 Å². The third-order valence-corrected chi connectivity index (χ3v) is 8.57. The third kappa shape index (κ3) is 20.0. The Bertz CT molecular complexity index is 474. The summed E-state index contributed by atoms with van der Waals surface area (Å²) < 4.78 is 0. The minimum absolute atomic E-state index is 0.641. The van der Waals surface area contributed by atoms with Gasteiger partial charge in [-0.15, -0.1) is 0 Å². The van der Waals surface area contributed by atoms with Crippen LogP contribution in [-0.2, 0) is 0 Å². The standard InChI is InChI=1S/C35H70N2/c1-4-7-10-12-14-16-17-18-19-20-21-22-23-24-26-28-30-35-36(31-9-6-3)33-34-37(35)32-29-27-25-15-13-11-8-5-2/h33-35H,4-32H2,1-3H3. The minimum atomic E-state index is 0.641. The number of hydrogen-bond acceptors (Lipinski definition) is 2. The molecule has 1 unspecified atom stereocenters. The Labute approximate surface area is 235 Å². The molecule has 1 rings (SSSR count). The summed E-state index contributed by atoms with van der Waals surface area (Å²) in [7, 11) is 0. The minimum Gasteiger partial charge on any atom is -0.356 e. The molecule has 220 valence electrons. The van der Waals surface area contributed by atoms with Crippen LogP contribution in [0.3, 0.4) is 0 Å². The van der Waals surface area contributed by atoms with Crippen LogP contribution >= 0.6 is 0 Å². The van der Waals surface area contributed by atoms with Crippen LogP contribution in [0.15, 0.2) is 12.4 Å². The van der Waals surface area contributed by atoms with E-state index < -0.39 is 0 Å². The van der Waals surface area contributed by atoms with Crippen LogP contribution in [0.5, 0.6) is 0 Å². The maximum absolute atomic E-state index is 2.68. The molecule has 2 heteroatoms. The van der Waals surface area contributed by atoms with Crippen molar-refractivity contribution < 1.29 is 0 Å². The molecule has 0 aromatic heterocycles. The van der Waals surface area contributed by atoms with Crippen molar-refractivity contribution in [3.05, 3.63) is 12.4 Å². The first-order chi connectivity index (χ1) is 18.3. The van der Waals surface area contributed by atoms with Gasteiger partial charge in [-0.25, -0.2) is 0 Å². The smallest absolute Gasteiger partial charge is 0.101 e. The van der Waals surface area contributed by atoms with Crippen LogP contribution in [0.2, 0.25) is 0 Å². The summed E-state index contributed by atoms with van der Waals surface area (Å²) in [5, 5.41) is 0. The Hall–Kier alpha value is -0.660. The molecule has 37 heavy (non-hydrogen) atoms. The molecule has 2 nitrogen and oxygen atoms in total. The molecule has 0 bridgehead atoms. The van der Waals surface area contributed by atoms with Gasteiger partial charge in [-0.1, -0.05) is 168 Å². The summed E-state index contributed by atoms with van der Waals surface area (Å²) in [6, 6.07) is 0. The highest BCUT2D eigenvalue weighted by molar-refractivity contribution is 4.96. The van der Waals surface area contributed by atoms with E-state index in [1.807, 2.05) is 0 Å². The van der Waals surface area contributed by atoms with Crippen molar-refractivity contribution >= 4 is 0 Å². The first-order valence-electron chi connectivity index (χ1n) is 17.5. The Balaban J connectivity index is 2.03. The van der Waals surface area contributed by atoms with Crippen molar-refractivity contribution in [2.24, 2.45) is 0 Å². The van der Waals surface area contributed by atoms with Crippen LogP contribution in [0, 0.1) is 0 Å². The predicted octanol–water partition coefficient (Wildman–Crippen LogP) is 12.0. The zero-order valence-corrected chi connectivity index (χ0v) is 26.1. The number of rotatable bonds is 29. The Kier molecular flexibility index (Phi) is 25.0. The molecule has 0 aromatic rings. The molecule has 1 atom stereocenters. The SMILES string of the molecule is CCCCCCCCCCCCCCCCCCC1N(CCCC)C=CN1CCCCCCCCCC. The number of nitrogens with zero attached hydrogens (tertiary/aromatic N) is 2. The maximum atomic E-state index is 2.68. The lowest BCUT2D eigenvalue weighted by molar-refractivity contribution is 0.136. The molecule has 0 fully saturated rings. The third-order valence-electron chi connectivity index (χ3n) is 8.57. The van der Waals surface area contributed by atoms with Crippen LogP contribution in [0.25, 0.3) is 0 Å². The van der Waals surface area contributed by atoms with E-state index in [4.69, 9.17) is 0 Å². The molecule has 1 aliphatic rings. The Morgan fingerprint density at radius 3 is 1.03 bits per heavy atom. The largest absolute Gasteiger partial charge is 0.356 e. The van der Waals surface area contributed by atoms with Gasteiger partial charge in [-0.3, -0.25) is 0 Å². The highest BCUT2D eigenvalue weighted by Gasteiger charge is 2.24. The molecule has 0 amide bonds. The lowest BCUT2D eigenvalue weighted by atomic mass is 10.0. The Morgan fingerprint density at radius 1 is 0.351 bits per heavy atom. The van der Waals surface area contributed by atoms with Crippen LogP contribution in [0.4, 0.5) is 0 Å². The van der Waals surface area contributed by atoms with Crippen molar-refractivity contribution in [2.75, 3.05) is 13.1 Å². The average molecular weight is 519 g/mol. The molecular formula is C35H70N2. The predicted molar refractivity (Wildman–Crippen MR) is 168 cm³/mol. The summed E-state index contributed by atoms with van der Waals surface area (Å²) in [4.78, 5) is 5.33. The molecule has 0 aliphatic carbocycles. The van der Waals surface area contributed by atoms with Crippen molar-refractivity contribution in [1.29, 1.82) is 0 Å². The van der Waals surface area contributed by atoms with Crippen LogP contribution in [-0.4, -0.2) is 29.1 Å². The summed E-state index contributed by atoms with van der Waals surface area (Å²) in [6.07, 6.45) is 44.1. The molecule has 1 aliphatic heterocycles. The normalized spacial score (nSPS) is 15.4. The summed E-state index contributed by atoms with van der Waals surface area (Å²) in [6.45, 7) is 9.44. The fourth-order valence-corrected chi connectivity index (χ4v) is 5.98. The van der Waals surface area contributed by atoms with E-state index in [1.54, 1.807) is 0 Å². The van der Waals surface area contributed by atoms with Crippen molar-refractivity contribution in [2.45, 2.75) is 200 Å². The van der Waals surface area contributed by atoms with Crippen molar-refractivity contribution in [3.8, 4) is 0 Å². The van der Waals surface area contributed by atoms with E-state index in [-0.39, 0.29) is 0 Å². The first-order valence-corrected chi connectivity index (χ1v) is 17.5. The molecule has 0 radical (unpaired) electrons. The fourth-order valence-electron chi connectivity index (χ4n) is 5.98. The summed E-state index contributed by atoms with van der Waals surface area (Å²) in [5.74, 6) is 0. The quantitative estimate of drug-likeness (QED) is 0.0908. The second kappa shape index (κ2) is 26.9. The zero-order chi connectivity index (χ0) is 26.7. The van der Waals surface area contributed by atoms with Gasteiger partial charge in [-0.2, -0.15) is 0 Å².